The molecule has 0 radical (unpaired) electrons. The van der Waals surface area contributed by atoms with Crippen molar-refractivity contribution in [3.63, 3.8) is 0 Å². The molecule has 0 bridgehead atoms. The molecule has 0 spiro atoms. The van der Waals surface area contributed by atoms with Gasteiger partial charge in [0.05, 0.1) is 18.4 Å². The van der Waals surface area contributed by atoms with E-state index >= 15 is 0 Å². The number of nitrogens with one attached hydrogen (secondary N) is 3. The fraction of sp³-hybridized carbons (Fsp3) is 0.125. The van der Waals surface area contributed by atoms with Crippen LogP contribution in [0.4, 0.5) is 17.1 Å². The highest BCUT2D eigenvalue weighted by Gasteiger charge is 2.14. The molecular formula is C24H23N3O4. The van der Waals surface area contributed by atoms with Crippen LogP contribution in [0, 0.1) is 0 Å². The van der Waals surface area contributed by atoms with Gasteiger partial charge in [-0.1, -0.05) is 19.1 Å². The number of methoxy groups -OCH3 is 1. The van der Waals surface area contributed by atoms with Gasteiger partial charge in [-0.05, 0) is 60.7 Å². The molecule has 0 aliphatic carbocycles. The maximum absolute atomic E-state index is 12.7. The van der Waals surface area contributed by atoms with Gasteiger partial charge in [-0.3, -0.25) is 14.4 Å². The molecule has 7 heteroatoms. The fourth-order valence-electron chi connectivity index (χ4n) is 2.81. The normalized spacial score (nSPS) is 10.1. The van der Waals surface area contributed by atoms with Crippen molar-refractivity contribution in [1.82, 2.24) is 0 Å². The Morgan fingerprint density at radius 2 is 1.35 bits per heavy atom. The van der Waals surface area contributed by atoms with Crippen molar-refractivity contribution < 1.29 is 19.1 Å². The Morgan fingerprint density at radius 1 is 0.742 bits per heavy atom. The summed E-state index contributed by atoms with van der Waals surface area (Å²) >= 11 is 0. The fourth-order valence-corrected chi connectivity index (χ4v) is 2.81. The molecule has 158 valence electrons. The lowest BCUT2D eigenvalue weighted by atomic mass is 10.1. The molecule has 0 saturated carbocycles. The minimum absolute atomic E-state index is 0.103. The van der Waals surface area contributed by atoms with Crippen LogP contribution in [0.1, 0.15) is 34.1 Å². The first-order valence-corrected chi connectivity index (χ1v) is 9.76. The molecule has 0 unspecified atom stereocenters. The molecule has 3 aromatic carbocycles. The van der Waals surface area contributed by atoms with Crippen LogP contribution in [0.2, 0.25) is 0 Å². The second kappa shape index (κ2) is 10.1. The maximum atomic E-state index is 12.7. The van der Waals surface area contributed by atoms with Gasteiger partial charge >= 0.3 is 0 Å². The van der Waals surface area contributed by atoms with Gasteiger partial charge in [0.15, 0.2) is 0 Å². The predicted octanol–water partition coefficient (Wildman–Crippen LogP) is 4.55. The van der Waals surface area contributed by atoms with Crippen LogP contribution < -0.4 is 20.7 Å². The number of carbonyl (C=O) groups excluding carboxylic acids is 3. The molecule has 3 amide bonds. The zero-order valence-electron chi connectivity index (χ0n) is 17.3. The molecule has 3 N–H and O–H groups in total. The Labute approximate surface area is 180 Å². The zero-order valence-corrected chi connectivity index (χ0v) is 17.3. The average Bonchev–Trinajstić information content (AvgIpc) is 2.80. The van der Waals surface area contributed by atoms with Crippen LogP contribution in [-0.4, -0.2) is 24.8 Å². The molecule has 0 saturated heterocycles. The summed E-state index contributed by atoms with van der Waals surface area (Å²) in [5, 5.41) is 8.31. The topological polar surface area (TPSA) is 96.5 Å². The van der Waals surface area contributed by atoms with Crippen molar-refractivity contribution in [3.05, 3.63) is 83.9 Å². The van der Waals surface area contributed by atoms with Crippen LogP contribution >= 0.6 is 0 Å². The second-order valence-corrected chi connectivity index (χ2v) is 6.66. The first-order valence-electron chi connectivity index (χ1n) is 9.76. The van der Waals surface area contributed by atoms with Crippen molar-refractivity contribution in [2.75, 3.05) is 23.1 Å². The molecule has 0 aliphatic heterocycles. The highest BCUT2D eigenvalue weighted by atomic mass is 16.5. The van der Waals surface area contributed by atoms with E-state index in [1.54, 1.807) is 86.8 Å². The number of hydrogen-bond donors (Lipinski definition) is 3. The van der Waals surface area contributed by atoms with Crippen molar-refractivity contribution >= 4 is 34.8 Å². The lowest BCUT2D eigenvalue weighted by Crippen LogP contribution is -2.18. The highest BCUT2D eigenvalue weighted by molar-refractivity contribution is 6.12. The van der Waals surface area contributed by atoms with E-state index in [1.165, 1.54) is 0 Å². The molecule has 31 heavy (non-hydrogen) atoms. The standard InChI is InChI=1S/C24H23N3O4/c1-3-22(28)25-17-10-8-16(9-11-17)23(29)27-21-7-5-4-6-20(21)24(30)26-18-12-14-19(31-2)15-13-18/h4-15H,3H2,1-2H3,(H,25,28)(H,26,30)(H,27,29). The highest BCUT2D eigenvalue weighted by Crippen LogP contribution is 2.20. The van der Waals surface area contributed by atoms with Gasteiger partial charge in [-0.2, -0.15) is 0 Å². The van der Waals surface area contributed by atoms with E-state index in [0.717, 1.165) is 0 Å². The summed E-state index contributed by atoms with van der Waals surface area (Å²) in [6.07, 6.45) is 0.373. The van der Waals surface area contributed by atoms with Crippen molar-refractivity contribution in [1.29, 1.82) is 0 Å². The first kappa shape index (κ1) is 21.6. The lowest BCUT2D eigenvalue weighted by Gasteiger charge is -2.12. The average molecular weight is 417 g/mol. The number of benzene rings is 3. The van der Waals surface area contributed by atoms with E-state index in [0.29, 0.717) is 40.4 Å². The third kappa shape index (κ3) is 5.70. The molecule has 0 heterocycles. The summed E-state index contributed by atoms with van der Waals surface area (Å²) in [5.74, 6) is -0.128. The second-order valence-electron chi connectivity index (χ2n) is 6.66. The minimum atomic E-state index is -0.363. The molecule has 3 rings (SSSR count). The molecule has 0 aromatic heterocycles. The van der Waals surface area contributed by atoms with Crippen LogP contribution in [0.15, 0.2) is 72.8 Å². The summed E-state index contributed by atoms with van der Waals surface area (Å²) in [6.45, 7) is 1.76. The van der Waals surface area contributed by atoms with Crippen LogP contribution in [0.3, 0.4) is 0 Å². The smallest absolute Gasteiger partial charge is 0.257 e. The summed E-state index contributed by atoms with van der Waals surface area (Å²) in [7, 11) is 1.57. The molecule has 0 atom stereocenters. The first-order chi connectivity index (χ1) is 15.0. The van der Waals surface area contributed by atoms with Gasteiger partial charge < -0.3 is 20.7 Å². The van der Waals surface area contributed by atoms with Crippen molar-refractivity contribution in [3.8, 4) is 5.75 Å². The van der Waals surface area contributed by atoms with E-state index in [4.69, 9.17) is 4.74 Å². The largest absolute Gasteiger partial charge is 0.497 e. The number of amides is 3. The molecule has 3 aromatic rings. The third-order valence-corrected chi connectivity index (χ3v) is 4.52. The lowest BCUT2D eigenvalue weighted by molar-refractivity contribution is -0.115. The zero-order chi connectivity index (χ0) is 22.2. The van der Waals surface area contributed by atoms with Gasteiger partial charge in [0, 0.05) is 23.4 Å². The van der Waals surface area contributed by atoms with Gasteiger partial charge in [0.25, 0.3) is 11.8 Å². The maximum Gasteiger partial charge on any atom is 0.257 e. The molecule has 0 fully saturated rings. The van der Waals surface area contributed by atoms with Crippen LogP contribution in [-0.2, 0) is 4.79 Å². The SMILES string of the molecule is CCC(=O)Nc1ccc(C(=O)Nc2ccccc2C(=O)Nc2ccc(OC)cc2)cc1. The van der Waals surface area contributed by atoms with E-state index in [1.807, 2.05) is 0 Å². The van der Waals surface area contributed by atoms with Gasteiger partial charge in [0.1, 0.15) is 5.75 Å². The van der Waals surface area contributed by atoms with Crippen LogP contribution in [0.25, 0.3) is 0 Å². The third-order valence-electron chi connectivity index (χ3n) is 4.52. The summed E-state index contributed by atoms with van der Waals surface area (Å²) in [5.41, 5.74) is 2.35. The Bertz CT molecular complexity index is 1080. The number of para-hydroxylation sites is 1. The van der Waals surface area contributed by atoms with E-state index in [9.17, 15) is 14.4 Å². The quantitative estimate of drug-likeness (QED) is 0.525. The number of ether oxygens (including phenoxy) is 1. The van der Waals surface area contributed by atoms with Crippen LogP contribution in [0.5, 0.6) is 5.75 Å². The number of anilines is 3. The monoisotopic (exact) mass is 417 g/mol. The van der Waals surface area contributed by atoms with Gasteiger partial charge in [0.2, 0.25) is 5.91 Å². The van der Waals surface area contributed by atoms with Gasteiger partial charge in [-0.25, -0.2) is 0 Å². The van der Waals surface area contributed by atoms with Crippen molar-refractivity contribution in [2.45, 2.75) is 13.3 Å². The minimum Gasteiger partial charge on any atom is -0.497 e. The Morgan fingerprint density at radius 3 is 2.00 bits per heavy atom. The number of hydrogen-bond acceptors (Lipinski definition) is 4. The molecular weight excluding hydrogens is 394 g/mol. The van der Waals surface area contributed by atoms with E-state index < -0.39 is 0 Å². The summed E-state index contributed by atoms with van der Waals surface area (Å²) in [6, 6.07) is 20.3. The Hall–Kier alpha value is -4.13. The summed E-state index contributed by atoms with van der Waals surface area (Å²) in [4.78, 5) is 36.9. The van der Waals surface area contributed by atoms with Crippen molar-refractivity contribution in [2.24, 2.45) is 0 Å². The number of rotatable bonds is 7. The van der Waals surface area contributed by atoms with Gasteiger partial charge in [-0.15, -0.1) is 0 Å². The Balaban J connectivity index is 1.71. The Kier molecular flexibility index (Phi) is 7.01. The molecule has 7 nitrogen and oxygen atoms in total. The number of carbonyl (C=O) groups is 3. The van der Waals surface area contributed by atoms with E-state index in [-0.39, 0.29) is 17.7 Å². The van der Waals surface area contributed by atoms with E-state index in [2.05, 4.69) is 16.0 Å². The predicted molar refractivity (Wildman–Crippen MR) is 121 cm³/mol. The summed E-state index contributed by atoms with van der Waals surface area (Å²) < 4.78 is 5.11. The molecule has 0 aliphatic rings.